The maximum atomic E-state index is 12.5. The van der Waals surface area contributed by atoms with Crippen LogP contribution in [0.4, 0.5) is 0 Å². The molecule has 0 spiro atoms. The first-order chi connectivity index (χ1) is 18.0. The van der Waals surface area contributed by atoms with Crippen LogP contribution in [0.5, 0.6) is 5.75 Å². The van der Waals surface area contributed by atoms with Crippen LogP contribution in [0, 0.1) is 34.5 Å². The molecule has 0 radical (unpaired) electrons. The maximum absolute atomic E-state index is 12.5. The molecule has 208 valence electrons. The van der Waals surface area contributed by atoms with E-state index in [9.17, 15) is 14.7 Å². The van der Waals surface area contributed by atoms with Gasteiger partial charge in [-0.1, -0.05) is 31.6 Å². The smallest absolute Gasteiger partial charge is 0.303 e. The number of ketones is 1. The van der Waals surface area contributed by atoms with Gasteiger partial charge in [-0.05, 0) is 129 Å². The predicted octanol–water partition coefficient (Wildman–Crippen LogP) is 6.76. The lowest BCUT2D eigenvalue weighted by molar-refractivity contribution is -0.137. The van der Waals surface area contributed by atoms with Gasteiger partial charge in [-0.3, -0.25) is 9.59 Å². The summed E-state index contributed by atoms with van der Waals surface area (Å²) in [4.78, 5) is 23.2. The minimum Gasteiger partial charge on any atom is -0.494 e. The van der Waals surface area contributed by atoms with E-state index < -0.39 is 11.6 Å². The van der Waals surface area contributed by atoms with Gasteiger partial charge in [-0.25, -0.2) is 0 Å². The van der Waals surface area contributed by atoms with Gasteiger partial charge in [0, 0.05) is 12.8 Å². The monoisotopic (exact) mass is 522 g/mol. The molecule has 0 amide bonds. The van der Waals surface area contributed by atoms with Crippen molar-refractivity contribution in [2.75, 3.05) is 6.61 Å². The van der Waals surface area contributed by atoms with E-state index in [1.807, 2.05) is 18.2 Å². The zero-order chi connectivity index (χ0) is 27.1. The zero-order valence-corrected chi connectivity index (χ0v) is 23.5. The average molecular weight is 523 g/mol. The number of aliphatic hydroxyl groups is 1. The number of carboxylic acids is 1. The third-order valence-corrected chi connectivity index (χ3v) is 11.4. The fraction of sp³-hybridized carbons (Fsp3) is 0.697. The summed E-state index contributed by atoms with van der Waals surface area (Å²) >= 11 is 0. The minimum atomic E-state index is -0.791. The molecule has 4 aliphatic carbocycles. The molecule has 0 aromatic heterocycles. The number of aliphatic carboxylic acids is 1. The van der Waals surface area contributed by atoms with E-state index in [-0.39, 0.29) is 17.3 Å². The SMILES string of the molecule is C[C@]12CCC(=O)C=C1C[C@@H](CCCc1cccc(OCCCC(=O)O)c1)[C@@H]1[C@@H]2CC[C@@]2(C)[C@H]1CC[C@]2(C)O. The van der Waals surface area contributed by atoms with Crippen LogP contribution in [-0.4, -0.2) is 34.2 Å². The van der Waals surface area contributed by atoms with Crippen LogP contribution in [0.25, 0.3) is 0 Å². The third kappa shape index (κ3) is 4.96. The van der Waals surface area contributed by atoms with Crippen molar-refractivity contribution < 1.29 is 24.5 Å². The largest absolute Gasteiger partial charge is 0.494 e. The molecule has 0 bridgehead atoms. The maximum Gasteiger partial charge on any atom is 0.303 e. The number of carbonyl (C=O) groups excluding carboxylic acids is 1. The van der Waals surface area contributed by atoms with E-state index in [1.165, 1.54) is 11.1 Å². The summed E-state index contributed by atoms with van der Waals surface area (Å²) in [7, 11) is 0. The van der Waals surface area contributed by atoms with Gasteiger partial charge in [-0.15, -0.1) is 0 Å². The number of fused-ring (bicyclic) bond motifs is 5. The van der Waals surface area contributed by atoms with Crippen LogP contribution < -0.4 is 4.74 Å². The quantitative estimate of drug-likeness (QED) is 0.350. The topological polar surface area (TPSA) is 83.8 Å². The summed E-state index contributed by atoms with van der Waals surface area (Å²) in [6.07, 6.45) is 12.8. The molecule has 0 saturated heterocycles. The van der Waals surface area contributed by atoms with E-state index >= 15 is 0 Å². The molecule has 1 aromatic carbocycles. The number of hydrogen-bond acceptors (Lipinski definition) is 4. The van der Waals surface area contributed by atoms with Crippen molar-refractivity contribution in [2.45, 2.75) is 103 Å². The van der Waals surface area contributed by atoms with Crippen LogP contribution in [-0.2, 0) is 16.0 Å². The summed E-state index contributed by atoms with van der Waals surface area (Å²) in [6.45, 7) is 7.29. The molecule has 38 heavy (non-hydrogen) atoms. The van der Waals surface area contributed by atoms with Crippen LogP contribution in [0.3, 0.4) is 0 Å². The molecule has 0 unspecified atom stereocenters. The second kappa shape index (κ2) is 10.4. The van der Waals surface area contributed by atoms with Gasteiger partial charge < -0.3 is 14.9 Å². The van der Waals surface area contributed by atoms with Crippen molar-refractivity contribution in [1.82, 2.24) is 0 Å². The van der Waals surface area contributed by atoms with Crippen LogP contribution in [0.2, 0.25) is 0 Å². The molecule has 5 heteroatoms. The Morgan fingerprint density at radius 2 is 1.87 bits per heavy atom. The molecule has 1 aromatic rings. The van der Waals surface area contributed by atoms with Crippen LogP contribution in [0.15, 0.2) is 35.9 Å². The molecule has 0 aliphatic heterocycles. The Morgan fingerprint density at radius 1 is 1.08 bits per heavy atom. The Balaban J connectivity index is 1.30. The number of aryl methyl sites for hydroxylation is 1. The predicted molar refractivity (Wildman–Crippen MR) is 148 cm³/mol. The standard InChI is InChI=1S/C33H46O5/c1-31-15-12-25(34)21-24(31)20-23(30-27(31)13-16-32(2)28(30)14-17-33(32,3)37)9-4-7-22-8-5-10-26(19-22)38-18-6-11-29(35)36/h5,8,10,19,21,23,27-28,30,37H,4,6-7,9,11-18,20H2,1-3H3,(H,35,36)/t23-,27+,28+,30-,31+,32+,33+/m1/s1. The summed E-state index contributed by atoms with van der Waals surface area (Å²) in [6, 6.07) is 8.21. The summed E-state index contributed by atoms with van der Waals surface area (Å²) in [5.74, 6) is 2.65. The van der Waals surface area contributed by atoms with Crippen LogP contribution in [0.1, 0.15) is 97.0 Å². The molecule has 4 aliphatic rings. The van der Waals surface area contributed by atoms with Gasteiger partial charge in [0.1, 0.15) is 5.75 Å². The number of carboxylic acid groups (broad SMARTS) is 1. The normalized spacial score (nSPS) is 38.1. The number of benzene rings is 1. The Kier molecular flexibility index (Phi) is 7.54. The second-order valence-electron chi connectivity index (χ2n) is 13.5. The zero-order valence-electron chi connectivity index (χ0n) is 23.5. The Bertz CT molecular complexity index is 1090. The Morgan fingerprint density at radius 3 is 2.66 bits per heavy atom. The molecule has 3 fully saturated rings. The number of hydrogen-bond donors (Lipinski definition) is 2. The van der Waals surface area contributed by atoms with Crippen molar-refractivity contribution in [1.29, 1.82) is 0 Å². The van der Waals surface area contributed by atoms with Crippen molar-refractivity contribution in [3.05, 3.63) is 41.5 Å². The molecule has 7 atom stereocenters. The fourth-order valence-electron chi connectivity index (χ4n) is 9.02. The van der Waals surface area contributed by atoms with Gasteiger partial charge in [0.05, 0.1) is 12.2 Å². The van der Waals surface area contributed by atoms with Crippen molar-refractivity contribution in [3.63, 3.8) is 0 Å². The van der Waals surface area contributed by atoms with E-state index in [0.29, 0.717) is 48.9 Å². The number of carbonyl (C=O) groups is 2. The Hall–Kier alpha value is -2.14. The fourth-order valence-corrected chi connectivity index (χ4v) is 9.02. The minimum absolute atomic E-state index is 0.0131. The lowest BCUT2D eigenvalue weighted by Gasteiger charge is -2.61. The van der Waals surface area contributed by atoms with Crippen molar-refractivity contribution in [2.24, 2.45) is 34.5 Å². The highest BCUT2D eigenvalue weighted by atomic mass is 16.5. The van der Waals surface area contributed by atoms with E-state index in [4.69, 9.17) is 9.84 Å². The van der Waals surface area contributed by atoms with E-state index in [2.05, 4.69) is 32.9 Å². The van der Waals surface area contributed by atoms with Gasteiger partial charge in [0.2, 0.25) is 0 Å². The van der Waals surface area contributed by atoms with Gasteiger partial charge >= 0.3 is 5.97 Å². The van der Waals surface area contributed by atoms with Gasteiger partial charge in [0.15, 0.2) is 5.78 Å². The van der Waals surface area contributed by atoms with E-state index in [0.717, 1.165) is 63.5 Å². The summed E-state index contributed by atoms with van der Waals surface area (Å²) < 4.78 is 5.80. The van der Waals surface area contributed by atoms with Crippen molar-refractivity contribution in [3.8, 4) is 5.75 Å². The summed E-state index contributed by atoms with van der Waals surface area (Å²) in [5, 5.41) is 20.2. The Labute approximate surface area is 228 Å². The number of ether oxygens (including phenoxy) is 1. The molecule has 5 rings (SSSR count). The number of rotatable bonds is 9. The molecule has 0 heterocycles. The highest BCUT2D eigenvalue weighted by molar-refractivity contribution is 5.91. The molecule has 5 nitrogen and oxygen atoms in total. The van der Waals surface area contributed by atoms with Gasteiger partial charge in [0.25, 0.3) is 0 Å². The lowest BCUT2D eigenvalue weighted by Crippen LogP contribution is -2.56. The molecular weight excluding hydrogens is 476 g/mol. The average Bonchev–Trinajstić information content (AvgIpc) is 3.11. The highest BCUT2D eigenvalue weighted by Gasteiger charge is 2.64. The molecular formula is C33H46O5. The van der Waals surface area contributed by atoms with E-state index in [1.54, 1.807) is 0 Å². The first-order valence-corrected chi connectivity index (χ1v) is 14.9. The summed E-state index contributed by atoms with van der Waals surface area (Å²) in [5.41, 5.74) is 2.20. The second-order valence-corrected chi connectivity index (χ2v) is 13.5. The third-order valence-electron chi connectivity index (χ3n) is 11.4. The molecule has 2 N–H and O–H groups in total. The lowest BCUT2D eigenvalue weighted by atomic mass is 9.44. The number of allylic oxidation sites excluding steroid dienone is 1. The molecule has 3 saturated carbocycles. The van der Waals surface area contributed by atoms with Crippen LogP contribution >= 0.6 is 0 Å². The highest BCUT2D eigenvalue weighted by Crippen LogP contribution is 2.69. The first-order valence-electron chi connectivity index (χ1n) is 14.9. The van der Waals surface area contributed by atoms with Gasteiger partial charge in [-0.2, -0.15) is 0 Å². The first kappa shape index (κ1) is 27.4. The van der Waals surface area contributed by atoms with Crippen molar-refractivity contribution >= 4 is 11.8 Å².